The summed E-state index contributed by atoms with van der Waals surface area (Å²) < 4.78 is 2.00. The van der Waals surface area contributed by atoms with E-state index in [0.717, 1.165) is 29.3 Å². The van der Waals surface area contributed by atoms with Gasteiger partial charge < -0.3 is 14.4 Å². The molecule has 5 heteroatoms. The van der Waals surface area contributed by atoms with Gasteiger partial charge in [0.1, 0.15) is 0 Å². The van der Waals surface area contributed by atoms with E-state index in [1.165, 1.54) is 12.8 Å². The van der Waals surface area contributed by atoms with Crippen LogP contribution in [0.25, 0.3) is 10.9 Å². The van der Waals surface area contributed by atoms with Gasteiger partial charge in [-0.15, -0.1) is 0 Å². The molecule has 1 saturated carbocycles. The highest BCUT2D eigenvalue weighted by atomic mass is 16.2. The number of hydrogen-bond acceptors (Lipinski definition) is 2. The molecule has 0 bridgehead atoms. The first-order valence-corrected chi connectivity index (χ1v) is 9.27. The van der Waals surface area contributed by atoms with Crippen molar-refractivity contribution >= 4 is 22.7 Å². The first-order chi connectivity index (χ1) is 12.1. The highest BCUT2D eigenvalue weighted by Crippen LogP contribution is 2.27. The Morgan fingerprint density at radius 1 is 0.960 bits per heavy atom. The lowest BCUT2D eigenvalue weighted by atomic mass is 10.1. The number of benzene rings is 1. The van der Waals surface area contributed by atoms with Crippen LogP contribution in [0.3, 0.4) is 0 Å². The molecule has 2 heterocycles. The molecule has 1 aliphatic carbocycles. The van der Waals surface area contributed by atoms with Crippen molar-refractivity contribution in [2.45, 2.75) is 25.7 Å². The molecule has 0 radical (unpaired) electrons. The number of nitrogens with zero attached hydrogens (tertiary/aromatic N) is 3. The van der Waals surface area contributed by atoms with Gasteiger partial charge in [0.25, 0.3) is 5.91 Å². The van der Waals surface area contributed by atoms with E-state index in [0.29, 0.717) is 32.1 Å². The summed E-state index contributed by atoms with van der Waals surface area (Å²) in [6, 6.07) is 7.99. The van der Waals surface area contributed by atoms with Gasteiger partial charge in [0.05, 0.1) is 5.56 Å². The normalized spacial score (nSPS) is 18.9. The van der Waals surface area contributed by atoms with Crippen LogP contribution in [0.4, 0.5) is 0 Å². The molecule has 5 nitrogen and oxygen atoms in total. The monoisotopic (exact) mass is 339 g/mol. The zero-order chi connectivity index (χ0) is 17.4. The van der Waals surface area contributed by atoms with E-state index in [1.807, 2.05) is 51.9 Å². The molecule has 0 unspecified atom stereocenters. The second-order valence-corrected chi connectivity index (χ2v) is 7.27. The summed E-state index contributed by atoms with van der Waals surface area (Å²) in [5, 5.41) is 1.000. The average Bonchev–Trinajstić information content (AvgIpc) is 3.30. The van der Waals surface area contributed by atoms with Gasteiger partial charge in [-0.1, -0.05) is 31.0 Å². The van der Waals surface area contributed by atoms with Gasteiger partial charge in [0, 0.05) is 56.2 Å². The molecule has 1 saturated heterocycles. The summed E-state index contributed by atoms with van der Waals surface area (Å²) in [5.74, 6) is 0.597. The first-order valence-electron chi connectivity index (χ1n) is 9.27. The molecule has 2 aliphatic rings. The largest absolute Gasteiger partial charge is 0.350 e. The van der Waals surface area contributed by atoms with Crippen molar-refractivity contribution in [1.82, 2.24) is 14.4 Å². The Morgan fingerprint density at radius 2 is 1.60 bits per heavy atom. The first kappa shape index (κ1) is 16.2. The zero-order valence-corrected chi connectivity index (χ0v) is 14.8. The number of fused-ring (bicyclic) bond motifs is 1. The van der Waals surface area contributed by atoms with Crippen molar-refractivity contribution in [3.05, 3.63) is 36.0 Å². The van der Waals surface area contributed by atoms with Gasteiger partial charge in [-0.05, 0) is 18.9 Å². The number of aryl methyl sites for hydroxylation is 1. The lowest BCUT2D eigenvalue weighted by Gasteiger charge is -2.36. The van der Waals surface area contributed by atoms with E-state index in [1.54, 1.807) is 0 Å². The lowest BCUT2D eigenvalue weighted by molar-refractivity contribution is -0.136. The van der Waals surface area contributed by atoms with E-state index in [9.17, 15) is 9.59 Å². The van der Waals surface area contributed by atoms with Crippen LogP contribution in [-0.2, 0) is 11.8 Å². The predicted octanol–water partition coefficient (Wildman–Crippen LogP) is 2.65. The number of rotatable bonds is 2. The Balaban J connectivity index is 1.45. The average molecular weight is 339 g/mol. The number of amides is 2. The summed E-state index contributed by atoms with van der Waals surface area (Å²) in [5.41, 5.74) is 1.83. The summed E-state index contributed by atoms with van der Waals surface area (Å²) in [7, 11) is 1.97. The van der Waals surface area contributed by atoms with Crippen molar-refractivity contribution in [3.63, 3.8) is 0 Å². The SMILES string of the molecule is Cn1cc(C(=O)N2CCN(C(=O)C3CCCC3)CC2)c2ccccc21. The molecule has 0 atom stereocenters. The molecule has 0 N–H and O–H groups in total. The van der Waals surface area contributed by atoms with Crippen LogP contribution in [0.2, 0.25) is 0 Å². The van der Waals surface area contributed by atoms with Crippen LogP contribution in [0.5, 0.6) is 0 Å². The molecule has 1 aromatic heterocycles. The van der Waals surface area contributed by atoms with Crippen LogP contribution in [0.1, 0.15) is 36.0 Å². The highest BCUT2D eigenvalue weighted by molar-refractivity contribution is 6.07. The number of hydrogen-bond donors (Lipinski definition) is 0. The third-order valence-electron chi connectivity index (χ3n) is 5.71. The number of aromatic nitrogens is 1. The van der Waals surface area contributed by atoms with Gasteiger partial charge in [-0.25, -0.2) is 0 Å². The summed E-state index contributed by atoms with van der Waals surface area (Å²) in [6.45, 7) is 2.57. The minimum Gasteiger partial charge on any atom is -0.350 e. The fourth-order valence-corrected chi connectivity index (χ4v) is 4.24. The van der Waals surface area contributed by atoms with Crippen molar-refractivity contribution in [1.29, 1.82) is 0 Å². The van der Waals surface area contributed by atoms with Gasteiger partial charge in [-0.2, -0.15) is 0 Å². The fourth-order valence-electron chi connectivity index (χ4n) is 4.24. The number of para-hydroxylation sites is 1. The van der Waals surface area contributed by atoms with E-state index in [2.05, 4.69) is 0 Å². The van der Waals surface area contributed by atoms with Crippen molar-refractivity contribution in [3.8, 4) is 0 Å². The lowest BCUT2D eigenvalue weighted by Crippen LogP contribution is -2.51. The molecule has 1 aromatic carbocycles. The maximum absolute atomic E-state index is 13.0. The van der Waals surface area contributed by atoms with Crippen molar-refractivity contribution in [2.75, 3.05) is 26.2 Å². The molecule has 0 spiro atoms. The second-order valence-electron chi connectivity index (χ2n) is 7.27. The topological polar surface area (TPSA) is 45.6 Å². The van der Waals surface area contributed by atoms with Crippen molar-refractivity contribution in [2.24, 2.45) is 13.0 Å². The van der Waals surface area contributed by atoms with E-state index in [-0.39, 0.29) is 11.8 Å². The van der Waals surface area contributed by atoms with Crippen LogP contribution < -0.4 is 0 Å². The smallest absolute Gasteiger partial charge is 0.256 e. The highest BCUT2D eigenvalue weighted by Gasteiger charge is 2.31. The Bertz CT molecular complexity index is 796. The van der Waals surface area contributed by atoms with Gasteiger partial charge >= 0.3 is 0 Å². The van der Waals surface area contributed by atoms with Crippen molar-refractivity contribution < 1.29 is 9.59 Å². The van der Waals surface area contributed by atoms with E-state index in [4.69, 9.17) is 0 Å². The molecule has 2 amide bonds. The molecular weight excluding hydrogens is 314 g/mol. The summed E-state index contributed by atoms with van der Waals surface area (Å²) >= 11 is 0. The Hall–Kier alpha value is -2.30. The Morgan fingerprint density at radius 3 is 2.32 bits per heavy atom. The third kappa shape index (κ3) is 2.92. The summed E-state index contributed by atoms with van der Waals surface area (Å²) in [4.78, 5) is 29.4. The minimum absolute atomic E-state index is 0.0739. The zero-order valence-electron chi connectivity index (χ0n) is 14.8. The second kappa shape index (κ2) is 6.54. The molecular formula is C20H25N3O2. The number of carbonyl (C=O) groups excluding carboxylic acids is 2. The molecule has 1 aliphatic heterocycles. The fraction of sp³-hybridized carbons (Fsp3) is 0.500. The molecule has 132 valence electrons. The van der Waals surface area contributed by atoms with Crippen LogP contribution in [0.15, 0.2) is 30.5 Å². The number of piperazine rings is 1. The van der Waals surface area contributed by atoms with Crippen LogP contribution in [-0.4, -0.2) is 52.4 Å². The standard InChI is InChI=1S/C20H25N3O2/c1-21-14-17(16-8-4-5-9-18(16)21)20(25)23-12-10-22(11-13-23)19(24)15-6-2-3-7-15/h4-5,8-9,14-15H,2-3,6-7,10-13H2,1H3. The molecule has 2 aromatic rings. The third-order valence-corrected chi connectivity index (χ3v) is 5.71. The van der Waals surface area contributed by atoms with Crippen LogP contribution >= 0.6 is 0 Å². The van der Waals surface area contributed by atoms with E-state index >= 15 is 0 Å². The molecule has 2 fully saturated rings. The predicted molar refractivity (Wildman–Crippen MR) is 97.4 cm³/mol. The Labute approximate surface area is 148 Å². The van der Waals surface area contributed by atoms with Crippen LogP contribution in [0, 0.1) is 5.92 Å². The van der Waals surface area contributed by atoms with Gasteiger partial charge in [0.2, 0.25) is 5.91 Å². The van der Waals surface area contributed by atoms with E-state index < -0.39 is 0 Å². The van der Waals surface area contributed by atoms with Gasteiger partial charge in [0.15, 0.2) is 0 Å². The molecule has 25 heavy (non-hydrogen) atoms. The minimum atomic E-state index is 0.0739. The maximum Gasteiger partial charge on any atom is 0.256 e. The molecule has 4 rings (SSSR count). The summed E-state index contributed by atoms with van der Waals surface area (Å²) in [6.07, 6.45) is 6.34. The maximum atomic E-state index is 13.0. The van der Waals surface area contributed by atoms with Gasteiger partial charge in [-0.3, -0.25) is 9.59 Å². The Kier molecular flexibility index (Phi) is 4.24. The quantitative estimate of drug-likeness (QED) is 0.844. The number of carbonyl (C=O) groups is 2.